The van der Waals surface area contributed by atoms with E-state index in [1.165, 1.54) is 51.4 Å². The van der Waals surface area contributed by atoms with Crippen LogP contribution in [0.15, 0.2) is 29.1 Å². The van der Waals surface area contributed by atoms with E-state index in [9.17, 15) is 14.7 Å². The lowest BCUT2D eigenvalue weighted by Crippen LogP contribution is -2.59. The molecule has 4 bridgehead atoms. The molecule has 0 spiro atoms. The summed E-state index contributed by atoms with van der Waals surface area (Å²) >= 11 is 0. The summed E-state index contributed by atoms with van der Waals surface area (Å²) in [7, 11) is 0. The quantitative estimate of drug-likeness (QED) is 0.724. The highest BCUT2D eigenvalue weighted by molar-refractivity contribution is 5.88. The molecule has 176 valence electrons. The molecule has 1 N–H and O–H groups in total. The molecule has 2 saturated heterocycles. The maximum absolute atomic E-state index is 13.3. The van der Waals surface area contributed by atoms with Crippen LogP contribution in [0.3, 0.4) is 0 Å². The summed E-state index contributed by atoms with van der Waals surface area (Å²) in [5.41, 5.74) is 0.565. The summed E-state index contributed by atoms with van der Waals surface area (Å²) in [5, 5.41) is 9.64. The number of rotatable bonds is 3. The van der Waals surface area contributed by atoms with Crippen LogP contribution in [0.2, 0.25) is 0 Å². The molecule has 1 aromatic carbocycles. The maximum Gasteiger partial charge on any atom is 0.360 e. The van der Waals surface area contributed by atoms with Gasteiger partial charge in [0.15, 0.2) is 0 Å². The minimum atomic E-state index is -1.24. The average molecular weight is 450 g/mol. The number of carboxylic acids is 1. The number of aromatic nitrogens is 2. The van der Waals surface area contributed by atoms with Crippen LogP contribution in [0.4, 0.5) is 0 Å². The Morgan fingerprint density at radius 2 is 1.70 bits per heavy atom. The summed E-state index contributed by atoms with van der Waals surface area (Å²) in [5.74, 6) is 1.40. The molecule has 33 heavy (non-hydrogen) atoms. The van der Waals surface area contributed by atoms with Crippen LogP contribution in [-0.4, -0.2) is 43.7 Å². The lowest BCUT2D eigenvalue weighted by atomic mass is 9.64. The molecule has 2 aliphatic heterocycles. The normalized spacial score (nSPS) is 36.6. The van der Waals surface area contributed by atoms with Gasteiger partial charge in [0.25, 0.3) is 5.56 Å². The predicted octanol–water partition coefficient (Wildman–Crippen LogP) is 4.87. The highest BCUT2D eigenvalue weighted by Gasteiger charge is 2.46. The van der Waals surface area contributed by atoms with Gasteiger partial charge in [-0.05, 0) is 74.8 Å². The number of nitrogens with zero attached hydrogens (tertiary/aromatic N) is 3. The zero-order chi connectivity index (χ0) is 22.7. The van der Waals surface area contributed by atoms with Gasteiger partial charge in [-0.1, -0.05) is 38.3 Å². The zero-order valence-corrected chi connectivity index (χ0v) is 19.5. The Balaban J connectivity index is 1.34. The average Bonchev–Trinajstić information content (AvgIpc) is 2.80. The second-order valence-electron chi connectivity index (χ2n) is 11.3. The zero-order valence-electron chi connectivity index (χ0n) is 19.5. The van der Waals surface area contributed by atoms with Crippen LogP contribution >= 0.6 is 0 Å². The van der Waals surface area contributed by atoms with Crippen molar-refractivity contribution in [3.8, 4) is 0 Å². The third kappa shape index (κ3) is 3.61. The van der Waals surface area contributed by atoms with Crippen LogP contribution in [-0.2, 0) is 0 Å². The molecule has 2 saturated carbocycles. The van der Waals surface area contributed by atoms with Crippen LogP contribution in [0, 0.1) is 17.8 Å². The van der Waals surface area contributed by atoms with Crippen molar-refractivity contribution >= 4 is 17.0 Å². The van der Waals surface area contributed by atoms with Gasteiger partial charge in [0.2, 0.25) is 5.69 Å². The maximum atomic E-state index is 13.3. The van der Waals surface area contributed by atoms with Crippen LogP contribution in [0.5, 0.6) is 0 Å². The van der Waals surface area contributed by atoms with Crippen molar-refractivity contribution in [2.45, 2.75) is 95.3 Å². The van der Waals surface area contributed by atoms with E-state index in [1.54, 1.807) is 4.57 Å². The van der Waals surface area contributed by atoms with Gasteiger partial charge in [-0.2, -0.15) is 0 Å². The second-order valence-corrected chi connectivity index (χ2v) is 11.3. The minimum Gasteiger partial charge on any atom is -0.476 e. The summed E-state index contributed by atoms with van der Waals surface area (Å²) in [6.45, 7) is 2.46. The Labute approximate surface area is 195 Å². The first kappa shape index (κ1) is 21.3. The van der Waals surface area contributed by atoms with Crippen LogP contribution in [0.1, 0.15) is 87.7 Å². The Kier molecular flexibility index (Phi) is 5.32. The number of carbonyl (C=O) groups is 1. The number of piperidine rings is 2. The standard InChI is InChI=1S/C27H35N3O3/c1-16-9-10-17-11-18(16)13-21(12-17)29-19-5-4-6-20(29)15-22(14-19)30-24-8-3-2-7-23(24)28-25(26(30)31)27(32)33/h2-3,7-8,16-22H,4-6,9-15H2,1H3,(H,32,33)/t16-,17-,18+,19-,20+,21+,22+/m0/s1. The SMILES string of the molecule is C[C@H]1CC[C@H]2C[C@@H]1C[C@H](N1[C@@H]3CCC[C@H]1C[C@@H](n1c(=O)c(C(=O)O)nc4ccccc41)C3)C2. The summed E-state index contributed by atoms with van der Waals surface area (Å²) in [4.78, 5) is 32.2. The first-order chi connectivity index (χ1) is 16.0. The molecule has 7 atom stereocenters. The van der Waals surface area contributed by atoms with E-state index in [0.29, 0.717) is 23.6 Å². The Morgan fingerprint density at radius 1 is 0.939 bits per heavy atom. The summed E-state index contributed by atoms with van der Waals surface area (Å²) < 4.78 is 1.78. The Morgan fingerprint density at radius 3 is 2.45 bits per heavy atom. The molecule has 6 rings (SSSR count). The van der Waals surface area contributed by atoms with Gasteiger partial charge >= 0.3 is 5.97 Å². The smallest absolute Gasteiger partial charge is 0.360 e. The number of fused-ring (bicyclic) bond motifs is 5. The fourth-order valence-corrected chi connectivity index (χ4v) is 7.98. The highest BCUT2D eigenvalue weighted by atomic mass is 16.4. The topological polar surface area (TPSA) is 75.4 Å². The molecular formula is C27H35N3O3. The van der Waals surface area contributed by atoms with Gasteiger partial charge in [0.1, 0.15) is 0 Å². The first-order valence-corrected chi connectivity index (χ1v) is 13.0. The third-order valence-corrected chi connectivity index (χ3v) is 9.44. The lowest BCUT2D eigenvalue weighted by molar-refractivity contribution is -0.0551. The largest absolute Gasteiger partial charge is 0.476 e. The molecule has 0 unspecified atom stereocenters. The van der Waals surface area contributed by atoms with Crippen LogP contribution < -0.4 is 5.56 Å². The molecule has 0 amide bonds. The number of aromatic carboxylic acids is 1. The van der Waals surface area contributed by atoms with E-state index in [0.717, 1.165) is 36.1 Å². The van der Waals surface area contributed by atoms with Crippen molar-refractivity contribution in [3.05, 3.63) is 40.3 Å². The fourth-order valence-electron chi connectivity index (χ4n) is 7.98. The molecule has 6 heteroatoms. The first-order valence-electron chi connectivity index (χ1n) is 13.0. The number of benzene rings is 1. The van der Waals surface area contributed by atoms with E-state index in [4.69, 9.17) is 0 Å². The van der Waals surface area contributed by atoms with Crippen molar-refractivity contribution < 1.29 is 9.90 Å². The fraction of sp³-hybridized carbons (Fsp3) is 0.667. The molecule has 6 nitrogen and oxygen atoms in total. The Hall–Kier alpha value is -2.21. The van der Waals surface area contributed by atoms with Gasteiger partial charge in [-0.25, -0.2) is 9.78 Å². The molecule has 3 heterocycles. The van der Waals surface area contributed by atoms with Crippen molar-refractivity contribution in [1.29, 1.82) is 0 Å². The van der Waals surface area contributed by atoms with E-state index < -0.39 is 11.5 Å². The molecule has 4 fully saturated rings. The molecule has 2 aromatic rings. The van der Waals surface area contributed by atoms with Gasteiger partial charge in [0.05, 0.1) is 11.0 Å². The summed E-state index contributed by atoms with van der Waals surface area (Å²) in [6, 6.07) is 9.22. The summed E-state index contributed by atoms with van der Waals surface area (Å²) in [6.07, 6.45) is 12.4. The number of hydrogen-bond acceptors (Lipinski definition) is 4. The van der Waals surface area contributed by atoms with E-state index in [2.05, 4.69) is 16.8 Å². The van der Waals surface area contributed by atoms with Crippen molar-refractivity contribution in [2.75, 3.05) is 0 Å². The van der Waals surface area contributed by atoms with Gasteiger partial charge in [0, 0.05) is 24.2 Å². The molecule has 1 aromatic heterocycles. The van der Waals surface area contributed by atoms with Crippen LogP contribution in [0.25, 0.3) is 11.0 Å². The highest BCUT2D eigenvalue weighted by Crippen LogP contribution is 2.48. The molecule has 2 aliphatic carbocycles. The van der Waals surface area contributed by atoms with Gasteiger partial charge in [-0.15, -0.1) is 0 Å². The number of hydrogen-bond donors (Lipinski definition) is 1. The second kappa shape index (κ2) is 8.23. The van der Waals surface area contributed by atoms with E-state index >= 15 is 0 Å². The molecule has 0 radical (unpaired) electrons. The lowest BCUT2D eigenvalue weighted by Gasteiger charge is -2.56. The van der Waals surface area contributed by atoms with Crippen molar-refractivity contribution in [1.82, 2.24) is 14.5 Å². The van der Waals surface area contributed by atoms with Crippen molar-refractivity contribution in [3.63, 3.8) is 0 Å². The monoisotopic (exact) mass is 449 g/mol. The van der Waals surface area contributed by atoms with E-state index in [1.807, 2.05) is 24.3 Å². The minimum absolute atomic E-state index is 0.0389. The third-order valence-electron chi connectivity index (χ3n) is 9.44. The van der Waals surface area contributed by atoms with Crippen molar-refractivity contribution in [2.24, 2.45) is 17.8 Å². The number of carboxylic acid groups (broad SMARTS) is 1. The van der Waals surface area contributed by atoms with Gasteiger partial charge < -0.3 is 9.67 Å². The number of para-hydroxylation sites is 2. The van der Waals surface area contributed by atoms with Gasteiger partial charge in [-0.3, -0.25) is 9.69 Å². The molecular weight excluding hydrogens is 414 g/mol. The Bertz CT molecular complexity index is 1110. The molecule has 4 aliphatic rings. The van der Waals surface area contributed by atoms with E-state index in [-0.39, 0.29) is 11.7 Å². The predicted molar refractivity (Wildman–Crippen MR) is 128 cm³/mol.